The maximum Gasteiger partial charge on any atom is 0.318 e. The lowest BCUT2D eigenvalue weighted by molar-refractivity contribution is -0.130. The van der Waals surface area contributed by atoms with E-state index in [9.17, 15) is 14.4 Å². The SMILES string of the molecule is CNC(=O)Nc1cccc(NC(=O)CNC(=O)C(C)(C)C)c1. The van der Waals surface area contributed by atoms with E-state index in [1.807, 2.05) is 0 Å². The molecule has 1 rings (SSSR count). The fourth-order valence-corrected chi connectivity index (χ4v) is 1.50. The first kappa shape index (κ1) is 17.5. The van der Waals surface area contributed by atoms with Gasteiger partial charge in [-0.1, -0.05) is 26.8 Å². The second kappa shape index (κ2) is 7.44. The van der Waals surface area contributed by atoms with Crippen LogP contribution in [0.1, 0.15) is 20.8 Å². The molecule has 1 aromatic rings. The van der Waals surface area contributed by atoms with E-state index < -0.39 is 5.41 Å². The summed E-state index contributed by atoms with van der Waals surface area (Å²) >= 11 is 0. The molecule has 4 N–H and O–H groups in total. The van der Waals surface area contributed by atoms with Gasteiger partial charge in [-0.05, 0) is 18.2 Å². The van der Waals surface area contributed by atoms with Gasteiger partial charge in [-0.15, -0.1) is 0 Å². The molecule has 0 bridgehead atoms. The third-order valence-corrected chi connectivity index (χ3v) is 2.72. The Hall–Kier alpha value is -2.57. The minimum Gasteiger partial charge on any atom is -0.347 e. The fraction of sp³-hybridized carbons (Fsp3) is 0.400. The number of hydrogen-bond donors (Lipinski definition) is 4. The highest BCUT2D eigenvalue weighted by atomic mass is 16.2. The number of urea groups is 1. The Morgan fingerprint density at radius 1 is 1.05 bits per heavy atom. The summed E-state index contributed by atoms with van der Waals surface area (Å²) in [5.41, 5.74) is 0.539. The molecule has 0 radical (unpaired) electrons. The topological polar surface area (TPSA) is 99.3 Å². The number of hydrogen-bond acceptors (Lipinski definition) is 3. The van der Waals surface area contributed by atoms with E-state index in [1.165, 1.54) is 7.05 Å². The van der Waals surface area contributed by atoms with Crippen molar-refractivity contribution in [2.24, 2.45) is 5.41 Å². The molecule has 0 atom stereocenters. The normalized spacial score (nSPS) is 10.5. The zero-order valence-corrected chi connectivity index (χ0v) is 13.2. The van der Waals surface area contributed by atoms with Crippen molar-refractivity contribution in [3.05, 3.63) is 24.3 Å². The summed E-state index contributed by atoms with van der Waals surface area (Å²) in [7, 11) is 1.51. The lowest BCUT2D eigenvalue weighted by atomic mass is 9.96. The molecule has 1 aromatic carbocycles. The van der Waals surface area contributed by atoms with Crippen molar-refractivity contribution in [1.29, 1.82) is 0 Å². The Morgan fingerprint density at radius 2 is 1.64 bits per heavy atom. The van der Waals surface area contributed by atoms with E-state index in [2.05, 4.69) is 21.3 Å². The van der Waals surface area contributed by atoms with Gasteiger partial charge in [-0.25, -0.2) is 4.79 Å². The van der Waals surface area contributed by atoms with Crippen LogP contribution in [0.25, 0.3) is 0 Å². The third-order valence-electron chi connectivity index (χ3n) is 2.72. The molecule has 0 spiro atoms. The number of nitrogens with one attached hydrogen (secondary N) is 4. The summed E-state index contributed by atoms with van der Waals surface area (Å²) in [5, 5.41) is 10.3. The number of benzene rings is 1. The maximum atomic E-state index is 11.8. The van der Waals surface area contributed by atoms with Gasteiger partial charge in [-0.2, -0.15) is 0 Å². The van der Waals surface area contributed by atoms with Crippen molar-refractivity contribution in [2.75, 3.05) is 24.2 Å². The van der Waals surface area contributed by atoms with Gasteiger partial charge in [0.15, 0.2) is 0 Å². The molecular formula is C15H22N4O3. The Morgan fingerprint density at radius 3 is 2.18 bits per heavy atom. The predicted octanol–water partition coefficient (Wildman–Crippen LogP) is 1.54. The molecule has 0 aliphatic rings. The van der Waals surface area contributed by atoms with Crippen LogP contribution in [0.3, 0.4) is 0 Å². The molecule has 0 saturated heterocycles. The van der Waals surface area contributed by atoms with Gasteiger partial charge in [0.2, 0.25) is 11.8 Å². The number of carbonyl (C=O) groups excluding carboxylic acids is 3. The minimum absolute atomic E-state index is 0.108. The van der Waals surface area contributed by atoms with Gasteiger partial charge >= 0.3 is 6.03 Å². The quantitative estimate of drug-likeness (QED) is 0.679. The van der Waals surface area contributed by atoms with Gasteiger partial charge in [0.05, 0.1) is 6.54 Å². The van der Waals surface area contributed by atoms with Crippen LogP contribution in [0, 0.1) is 5.41 Å². The molecule has 0 aliphatic heterocycles. The molecule has 0 aromatic heterocycles. The first-order valence-electron chi connectivity index (χ1n) is 6.89. The van der Waals surface area contributed by atoms with E-state index in [0.717, 1.165) is 0 Å². The third kappa shape index (κ3) is 5.82. The first-order chi connectivity index (χ1) is 10.2. The highest BCUT2D eigenvalue weighted by Crippen LogP contribution is 2.15. The van der Waals surface area contributed by atoms with Crippen LogP contribution in [0.4, 0.5) is 16.2 Å². The predicted molar refractivity (Wildman–Crippen MR) is 85.6 cm³/mol. The molecule has 0 unspecified atom stereocenters. The first-order valence-corrected chi connectivity index (χ1v) is 6.89. The van der Waals surface area contributed by atoms with Crippen LogP contribution in [0.15, 0.2) is 24.3 Å². The number of anilines is 2. The van der Waals surface area contributed by atoms with Crippen LogP contribution in [-0.4, -0.2) is 31.4 Å². The van der Waals surface area contributed by atoms with Crippen molar-refractivity contribution in [2.45, 2.75) is 20.8 Å². The monoisotopic (exact) mass is 306 g/mol. The average molecular weight is 306 g/mol. The van der Waals surface area contributed by atoms with Crippen molar-refractivity contribution in [3.8, 4) is 0 Å². The highest BCUT2D eigenvalue weighted by Gasteiger charge is 2.21. The molecule has 22 heavy (non-hydrogen) atoms. The van der Waals surface area contributed by atoms with Gasteiger partial charge in [-0.3, -0.25) is 9.59 Å². The molecule has 0 aliphatic carbocycles. The summed E-state index contributed by atoms with van der Waals surface area (Å²) in [5.74, 6) is -0.535. The Labute approximate surface area is 129 Å². The molecule has 120 valence electrons. The standard InChI is InChI=1S/C15H22N4O3/c1-15(2,3)13(21)17-9-12(20)18-10-6-5-7-11(8-10)19-14(22)16-4/h5-8H,9H2,1-4H3,(H,17,21)(H,18,20)(H2,16,19,22). The summed E-state index contributed by atoms with van der Waals surface area (Å²) in [6, 6.07) is 6.37. The molecule has 0 fully saturated rings. The van der Waals surface area contributed by atoms with Crippen LogP contribution in [0.2, 0.25) is 0 Å². The van der Waals surface area contributed by atoms with Crippen molar-refractivity contribution in [1.82, 2.24) is 10.6 Å². The van der Waals surface area contributed by atoms with Crippen LogP contribution in [-0.2, 0) is 9.59 Å². The van der Waals surface area contributed by atoms with Gasteiger partial charge in [0.1, 0.15) is 0 Å². The minimum atomic E-state index is -0.544. The number of carbonyl (C=O) groups is 3. The molecule has 0 heterocycles. The summed E-state index contributed by atoms with van der Waals surface area (Å²) in [4.78, 5) is 34.7. The van der Waals surface area contributed by atoms with Crippen molar-refractivity contribution < 1.29 is 14.4 Å². The highest BCUT2D eigenvalue weighted by molar-refractivity contribution is 5.96. The molecule has 7 heteroatoms. The van der Waals surface area contributed by atoms with Gasteiger partial charge < -0.3 is 21.3 Å². The van der Waals surface area contributed by atoms with E-state index >= 15 is 0 Å². The summed E-state index contributed by atoms with van der Waals surface area (Å²) < 4.78 is 0. The Balaban J connectivity index is 2.56. The van der Waals surface area contributed by atoms with Crippen LogP contribution in [0.5, 0.6) is 0 Å². The lowest BCUT2D eigenvalue weighted by Gasteiger charge is -2.17. The largest absolute Gasteiger partial charge is 0.347 e. The summed E-state index contributed by atoms with van der Waals surface area (Å²) in [6.45, 7) is 5.21. The van der Waals surface area contributed by atoms with Gasteiger partial charge in [0, 0.05) is 23.8 Å². The average Bonchev–Trinajstić information content (AvgIpc) is 2.43. The maximum absolute atomic E-state index is 11.8. The van der Waals surface area contributed by atoms with E-state index in [0.29, 0.717) is 11.4 Å². The van der Waals surface area contributed by atoms with Gasteiger partial charge in [0.25, 0.3) is 0 Å². The molecular weight excluding hydrogens is 284 g/mol. The molecule has 4 amide bonds. The van der Waals surface area contributed by atoms with Crippen molar-refractivity contribution >= 4 is 29.2 Å². The Bertz CT molecular complexity index is 564. The second-order valence-corrected chi connectivity index (χ2v) is 5.77. The number of amides is 4. The van der Waals surface area contributed by atoms with E-state index in [-0.39, 0.29) is 24.4 Å². The van der Waals surface area contributed by atoms with Crippen LogP contribution < -0.4 is 21.3 Å². The fourth-order valence-electron chi connectivity index (χ4n) is 1.50. The number of rotatable bonds is 4. The van der Waals surface area contributed by atoms with Crippen LogP contribution >= 0.6 is 0 Å². The second-order valence-electron chi connectivity index (χ2n) is 5.77. The van der Waals surface area contributed by atoms with E-state index in [4.69, 9.17) is 0 Å². The van der Waals surface area contributed by atoms with Crippen molar-refractivity contribution in [3.63, 3.8) is 0 Å². The van der Waals surface area contributed by atoms with E-state index in [1.54, 1.807) is 45.0 Å². The lowest BCUT2D eigenvalue weighted by Crippen LogP contribution is -2.39. The molecule has 7 nitrogen and oxygen atoms in total. The zero-order chi connectivity index (χ0) is 16.8. The Kier molecular flexibility index (Phi) is 5.91. The molecule has 0 saturated carbocycles. The summed E-state index contributed by atoms with van der Waals surface area (Å²) in [6.07, 6.45) is 0. The zero-order valence-electron chi connectivity index (χ0n) is 13.2. The smallest absolute Gasteiger partial charge is 0.318 e.